The van der Waals surface area contributed by atoms with E-state index in [0.717, 1.165) is 37.0 Å². The molecule has 0 atom stereocenters. The summed E-state index contributed by atoms with van der Waals surface area (Å²) in [5, 5.41) is 9.75. The summed E-state index contributed by atoms with van der Waals surface area (Å²) < 4.78 is 1.36. The first-order valence-electron chi connectivity index (χ1n) is 9.64. The predicted molar refractivity (Wildman–Crippen MR) is 110 cm³/mol. The second kappa shape index (κ2) is 7.76. The Hall–Kier alpha value is -3.28. The second-order valence-corrected chi connectivity index (χ2v) is 6.93. The lowest BCUT2D eigenvalue weighted by Crippen LogP contribution is -2.29. The fraction of sp³-hybridized carbons (Fsp3) is 0.273. The van der Waals surface area contributed by atoms with Crippen LogP contribution in [0.4, 0.5) is 0 Å². The van der Waals surface area contributed by atoms with E-state index in [9.17, 15) is 9.59 Å². The molecule has 1 aliphatic rings. The zero-order chi connectivity index (χ0) is 19.5. The van der Waals surface area contributed by atoms with Crippen molar-refractivity contribution in [3.05, 3.63) is 75.7 Å². The number of nitrogens with zero attached hydrogens (tertiary/aromatic N) is 3. The molecular formula is C22H22N4O2. The minimum atomic E-state index is -0.406. The molecule has 4 rings (SSSR count). The molecule has 1 aliphatic carbocycles. The van der Waals surface area contributed by atoms with E-state index in [1.807, 2.05) is 25.1 Å². The summed E-state index contributed by atoms with van der Waals surface area (Å²) in [6.45, 7) is 2.43. The predicted octanol–water partition coefficient (Wildman–Crippen LogP) is 3.28. The number of hydrogen-bond donors (Lipinski definition) is 1. The second-order valence-electron chi connectivity index (χ2n) is 6.93. The summed E-state index contributed by atoms with van der Waals surface area (Å²) in [7, 11) is 0. The summed E-state index contributed by atoms with van der Waals surface area (Å²) in [4.78, 5) is 25.5. The number of carbonyl (C=O) groups is 1. The first-order chi connectivity index (χ1) is 13.7. The lowest BCUT2D eigenvalue weighted by Gasteiger charge is -2.17. The van der Waals surface area contributed by atoms with E-state index in [1.54, 1.807) is 24.3 Å². The highest BCUT2D eigenvalue weighted by atomic mass is 16.2. The summed E-state index contributed by atoms with van der Waals surface area (Å²) in [5.41, 5.74) is 5.92. The molecule has 0 saturated carbocycles. The number of amides is 1. The molecule has 0 spiro atoms. The van der Waals surface area contributed by atoms with Crippen LogP contribution in [0, 0.1) is 0 Å². The summed E-state index contributed by atoms with van der Waals surface area (Å²) in [5.74, 6) is -0.406. The quantitative estimate of drug-likeness (QED) is 0.712. The van der Waals surface area contributed by atoms with Crippen molar-refractivity contribution in [3.8, 4) is 0 Å². The first-order valence-corrected chi connectivity index (χ1v) is 9.64. The average molecular weight is 374 g/mol. The normalized spacial score (nSPS) is 14.8. The van der Waals surface area contributed by atoms with Crippen LogP contribution >= 0.6 is 0 Å². The van der Waals surface area contributed by atoms with Gasteiger partial charge in [0.05, 0.1) is 11.1 Å². The van der Waals surface area contributed by atoms with Gasteiger partial charge in [-0.1, -0.05) is 49.4 Å². The van der Waals surface area contributed by atoms with Gasteiger partial charge >= 0.3 is 0 Å². The highest BCUT2D eigenvalue weighted by Crippen LogP contribution is 2.21. The number of carbonyl (C=O) groups excluding carboxylic acids is 1. The number of rotatable bonds is 4. The van der Waals surface area contributed by atoms with Crippen molar-refractivity contribution in [1.29, 1.82) is 0 Å². The molecule has 6 heteroatoms. The topological polar surface area (TPSA) is 76.3 Å². The van der Waals surface area contributed by atoms with Gasteiger partial charge in [-0.2, -0.15) is 10.2 Å². The van der Waals surface area contributed by atoms with Crippen LogP contribution in [-0.2, 0) is 13.0 Å². The molecule has 0 bridgehead atoms. The van der Waals surface area contributed by atoms with E-state index >= 15 is 0 Å². The largest absolute Gasteiger partial charge is 0.292 e. The summed E-state index contributed by atoms with van der Waals surface area (Å²) in [6, 6.07) is 15.2. The molecule has 0 radical (unpaired) electrons. The van der Waals surface area contributed by atoms with Crippen LogP contribution < -0.4 is 11.0 Å². The standard InChI is InChI=1S/C22H22N4O2/c1-2-14-26-22(28)18-12-6-5-11-17(18)20(25-26)21(27)24-23-19-13-7-9-15-8-3-4-10-16(15)19/h3-6,8,10-12H,2,7,9,13-14H2,1H3,(H,24,27)/b23-19-. The highest BCUT2D eigenvalue weighted by molar-refractivity contribution is 6.07. The number of nitrogens with one attached hydrogen (secondary N) is 1. The number of benzene rings is 2. The van der Waals surface area contributed by atoms with Crippen LogP contribution in [-0.4, -0.2) is 21.4 Å². The van der Waals surface area contributed by atoms with Crippen LogP contribution in [0.2, 0.25) is 0 Å². The van der Waals surface area contributed by atoms with E-state index in [-0.39, 0.29) is 11.3 Å². The number of hydrogen-bond acceptors (Lipinski definition) is 4. The number of hydrazone groups is 1. The van der Waals surface area contributed by atoms with Gasteiger partial charge in [0.15, 0.2) is 5.69 Å². The van der Waals surface area contributed by atoms with Crippen molar-refractivity contribution < 1.29 is 4.79 Å². The van der Waals surface area contributed by atoms with Gasteiger partial charge in [0.1, 0.15) is 0 Å². The van der Waals surface area contributed by atoms with Crippen LogP contribution in [0.25, 0.3) is 10.8 Å². The molecule has 6 nitrogen and oxygen atoms in total. The lowest BCUT2D eigenvalue weighted by atomic mass is 9.90. The maximum absolute atomic E-state index is 12.9. The van der Waals surface area contributed by atoms with Gasteiger partial charge in [-0.3, -0.25) is 9.59 Å². The van der Waals surface area contributed by atoms with Crippen molar-refractivity contribution in [2.75, 3.05) is 0 Å². The maximum atomic E-state index is 12.9. The minimum absolute atomic E-state index is 0.179. The molecule has 1 amide bonds. The Bertz CT molecular complexity index is 1130. The third-order valence-corrected chi connectivity index (χ3v) is 5.00. The first kappa shape index (κ1) is 18.1. The maximum Gasteiger partial charge on any atom is 0.292 e. The third-order valence-electron chi connectivity index (χ3n) is 5.00. The van der Waals surface area contributed by atoms with E-state index in [4.69, 9.17) is 0 Å². The van der Waals surface area contributed by atoms with Crippen LogP contribution in [0.5, 0.6) is 0 Å². The molecule has 2 aromatic carbocycles. The zero-order valence-corrected chi connectivity index (χ0v) is 15.8. The minimum Gasteiger partial charge on any atom is -0.267 e. The van der Waals surface area contributed by atoms with Crippen molar-refractivity contribution in [2.45, 2.75) is 39.2 Å². The highest BCUT2D eigenvalue weighted by Gasteiger charge is 2.18. The third kappa shape index (κ3) is 3.33. The average Bonchev–Trinajstić information content (AvgIpc) is 2.74. The molecule has 142 valence electrons. The Morgan fingerprint density at radius 1 is 1.11 bits per heavy atom. The Balaban J connectivity index is 1.71. The molecule has 28 heavy (non-hydrogen) atoms. The van der Waals surface area contributed by atoms with E-state index in [2.05, 4.69) is 21.7 Å². The molecule has 1 heterocycles. The zero-order valence-electron chi connectivity index (χ0n) is 15.8. The molecule has 0 unspecified atom stereocenters. The van der Waals surface area contributed by atoms with Gasteiger partial charge in [-0.25, -0.2) is 10.1 Å². The monoisotopic (exact) mass is 374 g/mol. The Morgan fingerprint density at radius 2 is 1.86 bits per heavy atom. The number of fused-ring (bicyclic) bond motifs is 2. The molecule has 0 aliphatic heterocycles. The molecule has 0 saturated heterocycles. The molecule has 1 N–H and O–H groups in total. The van der Waals surface area contributed by atoms with Crippen molar-refractivity contribution >= 4 is 22.4 Å². The lowest BCUT2D eigenvalue weighted by molar-refractivity contribution is 0.0949. The van der Waals surface area contributed by atoms with Crippen molar-refractivity contribution in [3.63, 3.8) is 0 Å². The molecular weight excluding hydrogens is 352 g/mol. The van der Waals surface area contributed by atoms with E-state index in [0.29, 0.717) is 17.3 Å². The summed E-state index contributed by atoms with van der Waals surface area (Å²) >= 11 is 0. The van der Waals surface area contributed by atoms with Crippen LogP contribution in [0.15, 0.2) is 58.4 Å². The van der Waals surface area contributed by atoms with Crippen LogP contribution in [0.1, 0.15) is 47.8 Å². The fourth-order valence-electron chi connectivity index (χ4n) is 3.65. The van der Waals surface area contributed by atoms with E-state index in [1.165, 1.54) is 10.2 Å². The van der Waals surface area contributed by atoms with Gasteiger partial charge in [-0.05, 0) is 37.3 Å². The smallest absolute Gasteiger partial charge is 0.267 e. The number of aromatic nitrogens is 2. The van der Waals surface area contributed by atoms with Gasteiger partial charge in [0.2, 0.25) is 0 Å². The van der Waals surface area contributed by atoms with Gasteiger partial charge in [0.25, 0.3) is 11.5 Å². The SMILES string of the molecule is CCCn1nc(C(=O)N/N=C2/CCCc3ccccc32)c2ccccc2c1=O. The Kier molecular flexibility index (Phi) is 5.02. The number of aryl methyl sites for hydroxylation is 2. The van der Waals surface area contributed by atoms with E-state index < -0.39 is 5.91 Å². The molecule has 3 aromatic rings. The fourth-order valence-corrected chi connectivity index (χ4v) is 3.65. The van der Waals surface area contributed by atoms with Crippen molar-refractivity contribution in [2.24, 2.45) is 5.10 Å². The Morgan fingerprint density at radius 3 is 2.68 bits per heavy atom. The molecule has 1 aromatic heterocycles. The van der Waals surface area contributed by atoms with Crippen LogP contribution in [0.3, 0.4) is 0 Å². The van der Waals surface area contributed by atoms with Crippen molar-refractivity contribution in [1.82, 2.24) is 15.2 Å². The van der Waals surface area contributed by atoms with Gasteiger partial charge in [-0.15, -0.1) is 0 Å². The van der Waals surface area contributed by atoms with Gasteiger partial charge in [0, 0.05) is 17.5 Å². The molecule has 0 fully saturated rings. The Labute approximate surface area is 162 Å². The summed E-state index contributed by atoms with van der Waals surface area (Å²) in [6.07, 6.45) is 3.61. The van der Waals surface area contributed by atoms with Gasteiger partial charge < -0.3 is 0 Å².